The van der Waals surface area contributed by atoms with Crippen LogP contribution in [0.25, 0.3) is 5.69 Å². The summed E-state index contributed by atoms with van der Waals surface area (Å²) in [4.78, 5) is 12.5. The number of hydrogen-bond acceptors (Lipinski definition) is 3. The van der Waals surface area contributed by atoms with Crippen LogP contribution in [-0.2, 0) is 0 Å². The fourth-order valence-corrected chi connectivity index (χ4v) is 2.34. The molecule has 23 heavy (non-hydrogen) atoms. The number of nitrogens with zero attached hydrogens (tertiary/aromatic N) is 3. The molecule has 0 saturated carbocycles. The van der Waals surface area contributed by atoms with Gasteiger partial charge in [-0.2, -0.15) is 10.4 Å². The number of rotatable bonds is 3. The maximum absolute atomic E-state index is 12.5. The third-order valence-electron chi connectivity index (χ3n) is 3.55. The number of amides is 1. The van der Waals surface area contributed by atoms with E-state index in [-0.39, 0.29) is 5.91 Å². The SMILES string of the molecule is Cc1c(C(=O)Nc2ccccc2C#N)cnn1-c1ccccc1. The van der Waals surface area contributed by atoms with Gasteiger partial charge >= 0.3 is 0 Å². The predicted molar refractivity (Wildman–Crippen MR) is 87.4 cm³/mol. The van der Waals surface area contributed by atoms with Crippen LogP contribution < -0.4 is 5.32 Å². The Morgan fingerprint density at radius 2 is 1.83 bits per heavy atom. The van der Waals surface area contributed by atoms with E-state index in [1.54, 1.807) is 28.9 Å². The lowest BCUT2D eigenvalue weighted by Gasteiger charge is -2.07. The van der Waals surface area contributed by atoms with Gasteiger partial charge in [-0.25, -0.2) is 4.68 Å². The van der Waals surface area contributed by atoms with E-state index >= 15 is 0 Å². The zero-order valence-electron chi connectivity index (χ0n) is 12.5. The summed E-state index contributed by atoms with van der Waals surface area (Å²) in [5.41, 5.74) is 3.02. The van der Waals surface area contributed by atoms with Gasteiger partial charge in [0.05, 0.1) is 34.4 Å². The van der Waals surface area contributed by atoms with Crippen molar-refractivity contribution in [3.63, 3.8) is 0 Å². The molecular formula is C18H14N4O. The zero-order chi connectivity index (χ0) is 16.2. The van der Waals surface area contributed by atoms with Crippen LogP contribution in [-0.4, -0.2) is 15.7 Å². The van der Waals surface area contributed by atoms with E-state index < -0.39 is 0 Å². The van der Waals surface area contributed by atoms with Gasteiger partial charge in [-0.1, -0.05) is 30.3 Å². The minimum absolute atomic E-state index is 0.285. The molecule has 0 unspecified atom stereocenters. The average Bonchev–Trinajstić information content (AvgIpc) is 2.98. The molecule has 0 bridgehead atoms. The lowest BCUT2D eigenvalue weighted by molar-refractivity contribution is 0.102. The topological polar surface area (TPSA) is 70.7 Å². The largest absolute Gasteiger partial charge is 0.321 e. The summed E-state index contributed by atoms with van der Waals surface area (Å²) >= 11 is 0. The van der Waals surface area contributed by atoms with Gasteiger partial charge in [0.15, 0.2) is 0 Å². The Labute approximate surface area is 133 Å². The van der Waals surface area contributed by atoms with Crippen LogP contribution in [0, 0.1) is 18.3 Å². The molecule has 112 valence electrons. The van der Waals surface area contributed by atoms with Gasteiger partial charge < -0.3 is 5.32 Å². The van der Waals surface area contributed by atoms with Crippen molar-refractivity contribution < 1.29 is 4.79 Å². The Hall–Kier alpha value is -3.39. The van der Waals surface area contributed by atoms with Crippen molar-refractivity contribution >= 4 is 11.6 Å². The summed E-state index contributed by atoms with van der Waals surface area (Å²) in [7, 11) is 0. The molecule has 2 aromatic carbocycles. The first kappa shape index (κ1) is 14.5. The molecule has 1 aromatic heterocycles. The quantitative estimate of drug-likeness (QED) is 0.807. The number of carbonyl (C=O) groups is 1. The Morgan fingerprint density at radius 1 is 1.13 bits per heavy atom. The molecule has 0 atom stereocenters. The number of carbonyl (C=O) groups excluding carboxylic acids is 1. The lowest BCUT2D eigenvalue weighted by Crippen LogP contribution is -2.14. The van der Waals surface area contributed by atoms with E-state index in [2.05, 4.69) is 16.5 Å². The Balaban J connectivity index is 1.90. The number of nitrogens with one attached hydrogen (secondary N) is 1. The molecule has 0 spiro atoms. The predicted octanol–water partition coefficient (Wildman–Crippen LogP) is 3.30. The highest BCUT2D eigenvalue weighted by molar-refractivity contribution is 6.05. The molecule has 1 amide bonds. The molecule has 3 aromatic rings. The molecule has 0 aliphatic rings. The van der Waals surface area contributed by atoms with Crippen LogP contribution in [0.4, 0.5) is 5.69 Å². The number of nitriles is 1. The van der Waals surface area contributed by atoms with Crippen molar-refractivity contribution in [2.75, 3.05) is 5.32 Å². The zero-order valence-corrected chi connectivity index (χ0v) is 12.5. The fraction of sp³-hybridized carbons (Fsp3) is 0.0556. The van der Waals surface area contributed by atoms with Crippen LogP contribution in [0.15, 0.2) is 60.8 Å². The monoisotopic (exact) mass is 302 g/mol. The van der Waals surface area contributed by atoms with E-state index in [1.807, 2.05) is 37.3 Å². The van der Waals surface area contributed by atoms with Crippen molar-refractivity contribution in [1.29, 1.82) is 5.26 Å². The van der Waals surface area contributed by atoms with Crippen LogP contribution in [0.1, 0.15) is 21.6 Å². The van der Waals surface area contributed by atoms with E-state index in [0.717, 1.165) is 11.4 Å². The van der Waals surface area contributed by atoms with Gasteiger partial charge in [-0.3, -0.25) is 4.79 Å². The normalized spacial score (nSPS) is 10.1. The molecule has 0 saturated heterocycles. The van der Waals surface area contributed by atoms with Gasteiger partial charge in [0.25, 0.3) is 5.91 Å². The molecule has 3 rings (SSSR count). The maximum atomic E-state index is 12.5. The highest BCUT2D eigenvalue weighted by Crippen LogP contribution is 2.18. The summed E-state index contributed by atoms with van der Waals surface area (Å²) in [5.74, 6) is -0.285. The van der Waals surface area contributed by atoms with Crippen molar-refractivity contribution in [2.24, 2.45) is 0 Å². The summed E-state index contributed by atoms with van der Waals surface area (Å²) in [6.07, 6.45) is 1.53. The third kappa shape index (κ3) is 2.83. The number of hydrogen-bond donors (Lipinski definition) is 1. The first-order valence-electron chi connectivity index (χ1n) is 7.11. The molecule has 0 fully saturated rings. The Morgan fingerprint density at radius 3 is 2.57 bits per heavy atom. The second-order valence-electron chi connectivity index (χ2n) is 5.00. The molecular weight excluding hydrogens is 288 g/mol. The van der Waals surface area contributed by atoms with Gasteiger partial charge in [0.2, 0.25) is 0 Å². The number of aromatic nitrogens is 2. The van der Waals surface area contributed by atoms with Crippen LogP contribution in [0.3, 0.4) is 0 Å². The summed E-state index contributed by atoms with van der Waals surface area (Å²) < 4.78 is 1.71. The first-order valence-corrected chi connectivity index (χ1v) is 7.11. The minimum atomic E-state index is -0.285. The van der Waals surface area contributed by atoms with E-state index in [4.69, 9.17) is 5.26 Å². The van der Waals surface area contributed by atoms with Crippen molar-refractivity contribution in [3.05, 3.63) is 77.6 Å². The van der Waals surface area contributed by atoms with E-state index in [1.165, 1.54) is 6.20 Å². The van der Waals surface area contributed by atoms with Crippen LogP contribution in [0.5, 0.6) is 0 Å². The molecule has 0 radical (unpaired) electrons. The number of anilines is 1. The summed E-state index contributed by atoms with van der Waals surface area (Å²) in [6, 6.07) is 18.6. The first-order chi connectivity index (χ1) is 11.2. The van der Waals surface area contributed by atoms with Crippen LogP contribution >= 0.6 is 0 Å². The standard InChI is InChI=1S/C18H14N4O/c1-13-16(12-20-22(13)15-8-3-2-4-9-15)18(23)21-17-10-6-5-7-14(17)11-19/h2-10,12H,1H3,(H,21,23). The fourth-order valence-electron chi connectivity index (χ4n) is 2.34. The second kappa shape index (κ2) is 6.16. The van der Waals surface area contributed by atoms with Gasteiger partial charge in [0, 0.05) is 0 Å². The summed E-state index contributed by atoms with van der Waals surface area (Å²) in [6.45, 7) is 1.84. The average molecular weight is 302 g/mol. The molecule has 0 aliphatic heterocycles. The van der Waals surface area contributed by atoms with E-state index in [9.17, 15) is 4.79 Å². The highest BCUT2D eigenvalue weighted by atomic mass is 16.1. The van der Waals surface area contributed by atoms with Gasteiger partial charge in [0.1, 0.15) is 6.07 Å². The molecule has 5 heteroatoms. The highest BCUT2D eigenvalue weighted by Gasteiger charge is 2.16. The third-order valence-corrected chi connectivity index (χ3v) is 3.55. The van der Waals surface area contributed by atoms with Crippen molar-refractivity contribution in [1.82, 2.24) is 9.78 Å². The minimum Gasteiger partial charge on any atom is -0.321 e. The molecule has 1 N–H and O–H groups in total. The Bertz CT molecular complexity index is 891. The summed E-state index contributed by atoms with van der Waals surface area (Å²) in [5, 5.41) is 16.1. The van der Waals surface area contributed by atoms with Gasteiger partial charge in [-0.15, -0.1) is 0 Å². The lowest BCUT2D eigenvalue weighted by atomic mass is 10.1. The molecule has 1 heterocycles. The van der Waals surface area contributed by atoms with Crippen molar-refractivity contribution in [2.45, 2.75) is 6.92 Å². The van der Waals surface area contributed by atoms with E-state index in [0.29, 0.717) is 16.8 Å². The smallest absolute Gasteiger partial charge is 0.259 e. The number of para-hydroxylation sites is 2. The maximum Gasteiger partial charge on any atom is 0.259 e. The molecule has 5 nitrogen and oxygen atoms in total. The second-order valence-corrected chi connectivity index (χ2v) is 5.00. The molecule has 0 aliphatic carbocycles. The Kier molecular flexibility index (Phi) is 3.89. The number of benzene rings is 2. The van der Waals surface area contributed by atoms with Crippen molar-refractivity contribution in [3.8, 4) is 11.8 Å². The van der Waals surface area contributed by atoms with Crippen LogP contribution in [0.2, 0.25) is 0 Å². The van der Waals surface area contributed by atoms with Gasteiger partial charge in [-0.05, 0) is 31.2 Å².